The first kappa shape index (κ1) is 18.1. The third-order valence-electron chi connectivity index (χ3n) is 2.65. The Balaban J connectivity index is 2.68. The molecule has 1 aromatic carbocycles. The third kappa shape index (κ3) is 7.17. The molecular formula is C16H27N3O3. The number of benzene rings is 1. The molecule has 0 aliphatic heterocycles. The van der Waals surface area contributed by atoms with Gasteiger partial charge in [-0.25, -0.2) is 4.79 Å². The lowest BCUT2D eigenvalue weighted by molar-refractivity contribution is 0.0635. The van der Waals surface area contributed by atoms with Gasteiger partial charge in [0.15, 0.2) is 0 Å². The molecule has 1 amide bonds. The highest BCUT2D eigenvalue weighted by atomic mass is 16.6. The van der Waals surface area contributed by atoms with E-state index in [1.165, 1.54) is 0 Å². The second kappa shape index (κ2) is 7.89. The number of ether oxygens (including phenoxy) is 2. The molecule has 22 heavy (non-hydrogen) atoms. The average molecular weight is 309 g/mol. The lowest BCUT2D eigenvalue weighted by atomic mass is 10.2. The maximum Gasteiger partial charge on any atom is 0.412 e. The molecule has 0 aliphatic carbocycles. The van der Waals surface area contributed by atoms with Crippen LogP contribution in [0.4, 0.5) is 16.2 Å². The fourth-order valence-electron chi connectivity index (χ4n) is 1.75. The lowest BCUT2D eigenvalue weighted by Crippen LogP contribution is -2.27. The van der Waals surface area contributed by atoms with Gasteiger partial charge in [-0.3, -0.25) is 5.32 Å². The molecule has 0 aromatic heterocycles. The van der Waals surface area contributed by atoms with Crippen LogP contribution in [0.25, 0.3) is 0 Å². The van der Waals surface area contributed by atoms with E-state index >= 15 is 0 Å². The van der Waals surface area contributed by atoms with Crippen molar-refractivity contribution in [3.63, 3.8) is 0 Å². The SMILES string of the molecule is CN(C)CCCOc1ccc(N)cc1NC(=O)OC(C)(C)C. The van der Waals surface area contributed by atoms with Gasteiger partial charge in [-0.2, -0.15) is 0 Å². The summed E-state index contributed by atoms with van der Waals surface area (Å²) in [6.45, 7) is 6.93. The Kier molecular flexibility index (Phi) is 6.49. The Hall–Kier alpha value is -1.95. The number of amides is 1. The Bertz CT molecular complexity index is 496. The highest BCUT2D eigenvalue weighted by Gasteiger charge is 2.17. The van der Waals surface area contributed by atoms with Crippen LogP contribution in [0.2, 0.25) is 0 Å². The van der Waals surface area contributed by atoms with Crippen LogP contribution >= 0.6 is 0 Å². The molecule has 6 nitrogen and oxygen atoms in total. The summed E-state index contributed by atoms with van der Waals surface area (Å²) in [7, 11) is 4.03. The van der Waals surface area contributed by atoms with Crippen molar-refractivity contribution in [1.29, 1.82) is 0 Å². The number of nitrogens with zero attached hydrogens (tertiary/aromatic N) is 1. The zero-order chi connectivity index (χ0) is 16.8. The summed E-state index contributed by atoms with van der Waals surface area (Å²) in [5, 5.41) is 2.68. The maximum atomic E-state index is 11.9. The normalized spacial score (nSPS) is 11.4. The van der Waals surface area contributed by atoms with Crippen LogP contribution in [0.15, 0.2) is 18.2 Å². The van der Waals surface area contributed by atoms with Crippen LogP contribution < -0.4 is 15.8 Å². The molecule has 0 fully saturated rings. The molecule has 1 rings (SSSR count). The molecule has 0 spiro atoms. The van der Waals surface area contributed by atoms with Crippen LogP contribution in [0, 0.1) is 0 Å². The first-order chi connectivity index (χ1) is 10.2. The van der Waals surface area contributed by atoms with Crippen LogP contribution in [-0.4, -0.2) is 43.8 Å². The third-order valence-corrected chi connectivity index (χ3v) is 2.65. The summed E-state index contributed by atoms with van der Waals surface area (Å²) in [6, 6.07) is 5.14. The number of hydrogen-bond acceptors (Lipinski definition) is 5. The van der Waals surface area contributed by atoms with E-state index in [1.54, 1.807) is 18.2 Å². The smallest absolute Gasteiger partial charge is 0.412 e. The summed E-state index contributed by atoms with van der Waals surface area (Å²) in [6.07, 6.45) is 0.361. The minimum Gasteiger partial charge on any atom is -0.491 e. The van der Waals surface area contributed by atoms with Crippen molar-refractivity contribution in [2.75, 3.05) is 38.3 Å². The Labute approximate surface area is 132 Å². The van der Waals surface area contributed by atoms with Crippen LogP contribution in [0.3, 0.4) is 0 Å². The molecular weight excluding hydrogens is 282 g/mol. The fourth-order valence-corrected chi connectivity index (χ4v) is 1.75. The Morgan fingerprint density at radius 3 is 2.59 bits per heavy atom. The number of carbonyl (C=O) groups is 1. The number of nitrogens with one attached hydrogen (secondary N) is 1. The zero-order valence-electron chi connectivity index (χ0n) is 14.1. The highest BCUT2D eigenvalue weighted by Crippen LogP contribution is 2.27. The van der Waals surface area contributed by atoms with E-state index < -0.39 is 11.7 Å². The van der Waals surface area contributed by atoms with Gasteiger partial charge in [-0.15, -0.1) is 0 Å². The number of nitrogen functional groups attached to an aromatic ring is 1. The summed E-state index contributed by atoms with van der Waals surface area (Å²) < 4.78 is 11.0. The van der Waals surface area contributed by atoms with Gasteiger partial charge >= 0.3 is 6.09 Å². The Morgan fingerprint density at radius 2 is 2.00 bits per heavy atom. The highest BCUT2D eigenvalue weighted by molar-refractivity contribution is 5.87. The van der Waals surface area contributed by atoms with Crippen molar-refractivity contribution in [1.82, 2.24) is 4.90 Å². The molecule has 0 heterocycles. The van der Waals surface area contributed by atoms with E-state index in [2.05, 4.69) is 10.2 Å². The molecule has 124 valence electrons. The predicted molar refractivity (Wildman–Crippen MR) is 89.4 cm³/mol. The van der Waals surface area contributed by atoms with Crippen molar-refractivity contribution >= 4 is 17.5 Å². The van der Waals surface area contributed by atoms with E-state index in [1.807, 2.05) is 34.9 Å². The van der Waals surface area contributed by atoms with Gasteiger partial charge in [0, 0.05) is 12.2 Å². The van der Waals surface area contributed by atoms with E-state index in [0.717, 1.165) is 13.0 Å². The quantitative estimate of drug-likeness (QED) is 0.624. The summed E-state index contributed by atoms with van der Waals surface area (Å²) in [5.41, 5.74) is 6.27. The fraction of sp³-hybridized carbons (Fsp3) is 0.562. The molecule has 0 saturated heterocycles. The summed E-state index contributed by atoms with van der Waals surface area (Å²) in [5.74, 6) is 0.582. The van der Waals surface area contributed by atoms with Crippen molar-refractivity contribution in [2.45, 2.75) is 32.8 Å². The van der Waals surface area contributed by atoms with E-state index in [-0.39, 0.29) is 0 Å². The van der Waals surface area contributed by atoms with Crippen LogP contribution in [0.1, 0.15) is 27.2 Å². The van der Waals surface area contributed by atoms with Crippen molar-refractivity contribution in [3.8, 4) is 5.75 Å². The molecule has 0 unspecified atom stereocenters. The minimum atomic E-state index is -0.558. The number of anilines is 2. The van der Waals surface area contributed by atoms with Crippen molar-refractivity contribution in [2.24, 2.45) is 0 Å². The molecule has 0 radical (unpaired) electrons. The first-order valence-corrected chi connectivity index (χ1v) is 7.34. The first-order valence-electron chi connectivity index (χ1n) is 7.34. The Morgan fingerprint density at radius 1 is 1.32 bits per heavy atom. The molecule has 3 N–H and O–H groups in total. The number of hydrogen-bond donors (Lipinski definition) is 2. The summed E-state index contributed by atoms with van der Waals surface area (Å²) in [4.78, 5) is 14.0. The average Bonchev–Trinajstić information content (AvgIpc) is 2.34. The standard InChI is InChI=1S/C16H27N3O3/c1-16(2,3)22-15(20)18-13-11-12(17)7-8-14(13)21-10-6-9-19(4)5/h7-8,11H,6,9-10,17H2,1-5H3,(H,18,20). The molecule has 6 heteroatoms. The minimum absolute atomic E-state index is 0.513. The van der Waals surface area contributed by atoms with Gasteiger partial charge in [-0.05, 0) is 59.5 Å². The molecule has 0 bridgehead atoms. The van der Waals surface area contributed by atoms with Crippen LogP contribution in [-0.2, 0) is 4.74 Å². The molecule has 0 aliphatic rings. The lowest BCUT2D eigenvalue weighted by Gasteiger charge is -2.20. The molecule has 0 saturated carbocycles. The van der Waals surface area contributed by atoms with E-state index in [0.29, 0.717) is 23.7 Å². The summed E-state index contributed by atoms with van der Waals surface area (Å²) >= 11 is 0. The van der Waals surface area contributed by atoms with Crippen LogP contribution in [0.5, 0.6) is 5.75 Å². The van der Waals surface area contributed by atoms with E-state index in [4.69, 9.17) is 15.2 Å². The molecule has 1 aromatic rings. The number of rotatable bonds is 6. The second-order valence-electron chi connectivity index (χ2n) is 6.39. The predicted octanol–water partition coefficient (Wildman–Crippen LogP) is 2.95. The number of nitrogens with two attached hydrogens (primary N) is 1. The van der Waals surface area contributed by atoms with Gasteiger partial charge in [0.2, 0.25) is 0 Å². The zero-order valence-corrected chi connectivity index (χ0v) is 14.1. The van der Waals surface area contributed by atoms with Gasteiger partial charge in [0.25, 0.3) is 0 Å². The number of carbonyl (C=O) groups excluding carboxylic acids is 1. The second-order valence-corrected chi connectivity index (χ2v) is 6.39. The van der Waals surface area contributed by atoms with Crippen molar-refractivity contribution in [3.05, 3.63) is 18.2 Å². The monoisotopic (exact) mass is 309 g/mol. The van der Waals surface area contributed by atoms with Gasteiger partial charge in [0.1, 0.15) is 11.4 Å². The van der Waals surface area contributed by atoms with Gasteiger partial charge in [0.05, 0.1) is 12.3 Å². The van der Waals surface area contributed by atoms with Gasteiger partial charge < -0.3 is 20.1 Å². The topological polar surface area (TPSA) is 76.8 Å². The maximum absolute atomic E-state index is 11.9. The largest absolute Gasteiger partial charge is 0.491 e. The van der Waals surface area contributed by atoms with Gasteiger partial charge in [-0.1, -0.05) is 0 Å². The molecule has 0 atom stereocenters. The van der Waals surface area contributed by atoms with E-state index in [9.17, 15) is 4.79 Å². The van der Waals surface area contributed by atoms with Crippen molar-refractivity contribution < 1.29 is 14.3 Å².